The maximum atomic E-state index is 11.1. The van der Waals surface area contributed by atoms with Gasteiger partial charge in [0.1, 0.15) is 0 Å². The summed E-state index contributed by atoms with van der Waals surface area (Å²) in [5, 5.41) is 0.393. The quantitative estimate of drug-likeness (QED) is 0.448. The van der Waals surface area contributed by atoms with Crippen LogP contribution in [0.15, 0.2) is 24.3 Å². The van der Waals surface area contributed by atoms with E-state index in [9.17, 15) is 4.79 Å². The molecule has 1 aromatic carbocycles. The van der Waals surface area contributed by atoms with E-state index in [1.807, 2.05) is 6.92 Å². The van der Waals surface area contributed by atoms with Crippen LogP contribution in [0.4, 0.5) is 4.79 Å². The van der Waals surface area contributed by atoms with Crippen LogP contribution in [0.1, 0.15) is 19.8 Å². The van der Waals surface area contributed by atoms with Gasteiger partial charge in [-0.2, -0.15) is 0 Å². The van der Waals surface area contributed by atoms with Crippen molar-refractivity contribution in [1.29, 1.82) is 0 Å². The van der Waals surface area contributed by atoms with Gasteiger partial charge in [-0.05, 0) is 18.6 Å². The van der Waals surface area contributed by atoms with E-state index >= 15 is 0 Å². The van der Waals surface area contributed by atoms with E-state index in [0.717, 1.165) is 12.8 Å². The molecule has 1 aromatic rings. The van der Waals surface area contributed by atoms with Crippen LogP contribution in [0.3, 0.4) is 0 Å². The molecule has 0 aliphatic rings. The van der Waals surface area contributed by atoms with E-state index in [1.165, 1.54) is 0 Å². The van der Waals surface area contributed by atoms with Crippen molar-refractivity contribution in [3.05, 3.63) is 29.3 Å². The molecule has 4 heteroatoms. The summed E-state index contributed by atoms with van der Waals surface area (Å²) in [6.07, 6.45) is 1.09. The molecule has 0 aliphatic heterocycles. The van der Waals surface area contributed by atoms with Gasteiger partial charge in [-0.3, -0.25) is 0 Å². The lowest BCUT2D eigenvalue weighted by Crippen LogP contribution is -2.11. The van der Waals surface area contributed by atoms with Gasteiger partial charge in [-0.15, -0.1) is 0 Å². The molecular formula is C11H13ClO3. The molecule has 0 aromatic heterocycles. The lowest BCUT2D eigenvalue weighted by Gasteiger charge is -2.06. The lowest BCUT2D eigenvalue weighted by atomic mass is 10.3. The van der Waals surface area contributed by atoms with Crippen LogP contribution >= 0.6 is 11.6 Å². The molecule has 0 N–H and O–H groups in total. The van der Waals surface area contributed by atoms with E-state index in [-0.39, 0.29) is 0 Å². The van der Waals surface area contributed by atoms with Gasteiger partial charge in [-0.1, -0.05) is 37.1 Å². The molecule has 0 saturated carbocycles. The zero-order valence-corrected chi connectivity index (χ0v) is 9.29. The highest BCUT2D eigenvalue weighted by atomic mass is 35.5. The molecule has 1 rings (SSSR count). The second-order valence-corrected chi connectivity index (χ2v) is 3.39. The van der Waals surface area contributed by atoms with Gasteiger partial charge in [-0.25, -0.2) is 4.79 Å². The molecule has 0 saturated heterocycles. The Labute approximate surface area is 93.9 Å². The van der Waals surface area contributed by atoms with Gasteiger partial charge >= 0.3 is 6.16 Å². The van der Waals surface area contributed by atoms with Crippen molar-refractivity contribution in [3.8, 4) is 5.75 Å². The monoisotopic (exact) mass is 228 g/mol. The van der Waals surface area contributed by atoms with Crippen molar-refractivity contribution >= 4 is 17.8 Å². The molecule has 0 aliphatic carbocycles. The third-order valence-corrected chi connectivity index (χ3v) is 2.06. The van der Waals surface area contributed by atoms with Gasteiger partial charge in [0, 0.05) is 0 Å². The van der Waals surface area contributed by atoms with Crippen LogP contribution in [0.25, 0.3) is 0 Å². The van der Waals surface area contributed by atoms with Crippen LogP contribution in [0, 0.1) is 0 Å². The summed E-state index contributed by atoms with van der Waals surface area (Å²) in [5.74, 6) is 0.320. The summed E-state index contributed by atoms with van der Waals surface area (Å²) in [5.41, 5.74) is 0. The summed E-state index contributed by atoms with van der Waals surface area (Å²) in [6, 6.07) is 6.76. The first kappa shape index (κ1) is 11.9. The smallest absolute Gasteiger partial charge is 0.434 e. The summed E-state index contributed by atoms with van der Waals surface area (Å²) < 4.78 is 9.72. The largest absolute Gasteiger partial charge is 0.513 e. The average Bonchev–Trinajstić information content (AvgIpc) is 2.22. The maximum Gasteiger partial charge on any atom is 0.513 e. The highest BCUT2D eigenvalue weighted by molar-refractivity contribution is 6.32. The molecule has 0 amide bonds. The van der Waals surface area contributed by atoms with Gasteiger partial charge in [0.05, 0.1) is 11.6 Å². The van der Waals surface area contributed by atoms with Crippen LogP contribution in [-0.2, 0) is 4.74 Å². The first-order chi connectivity index (χ1) is 7.24. The van der Waals surface area contributed by atoms with Crippen molar-refractivity contribution in [3.63, 3.8) is 0 Å². The first-order valence-corrected chi connectivity index (χ1v) is 5.21. The van der Waals surface area contributed by atoms with Crippen molar-refractivity contribution in [2.75, 3.05) is 6.61 Å². The summed E-state index contributed by atoms with van der Waals surface area (Å²) in [4.78, 5) is 11.1. The molecule has 0 bridgehead atoms. The zero-order chi connectivity index (χ0) is 11.1. The Morgan fingerprint density at radius 3 is 2.80 bits per heavy atom. The topological polar surface area (TPSA) is 35.5 Å². The summed E-state index contributed by atoms with van der Waals surface area (Å²) in [7, 11) is 0. The molecule has 0 unspecified atom stereocenters. The minimum atomic E-state index is -0.712. The number of carbonyl (C=O) groups is 1. The molecule has 0 radical (unpaired) electrons. The second-order valence-electron chi connectivity index (χ2n) is 2.98. The number of rotatable bonds is 4. The number of hydrogen-bond acceptors (Lipinski definition) is 3. The van der Waals surface area contributed by atoms with Crippen LogP contribution in [0.5, 0.6) is 5.75 Å². The number of benzene rings is 1. The highest BCUT2D eigenvalue weighted by Crippen LogP contribution is 2.23. The van der Waals surface area contributed by atoms with E-state index in [4.69, 9.17) is 21.1 Å². The summed E-state index contributed by atoms with van der Waals surface area (Å²) >= 11 is 5.80. The van der Waals surface area contributed by atoms with Crippen molar-refractivity contribution in [2.24, 2.45) is 0 Å². The minimum Gasteiger partial charge on any atom is -0.434 e. The predicted molar refractivity (Wildman–Crippen MR) is 58.3 cm³/mol. The van der Waals surface area contributed by atoms with Gasteiger partial charge < -0.3 is 9.47 Å². The standard InChI is InChI=1S/C11H13ClO3/c1-2-3-8-14-11(13)15-10-7-5-4-6-9(10)12/h4-7H,2-3,8H2,1H3. The molecule has 0 atom stereocenters. The molecule has 0 spiro atoms. The Hall–Kier alpha value is -1.22. The predicted octanol–water partition coefficient (Wildman–Crippen LogP) is 3.66. The highest BCUT2D eigenvalue weighted by Gasteiger charge is 2.07. The third-order valence-electron chi connectivity index (χ3n) is 1.75. The molecule has 0 heterocycles. The summed E-state index contributed by atoms with van der Waals surface area (Å²) in [6.45, 7) is 2.39. The Bertz CT molecular complexity index is 325. The fourth-order valence-corrected chi connectivity index (χ4v) is 1.12. The van der Waals surface area contributed by atoms with Crippen molar-refractivity contribution in [2.45, 2.75) is 19.8 Å². The van der Waals surface area contributed by atoms with E-state index < -0.39 is 6.16 Å². The molecule has 3 nitrogen and oxygen atoms in total. The fraction of sp³-hybridized carbons (Fsp3) is 0.364. The van der Waals surface area contributed by atoms with Crippen molar-refractivity contribution < 1.29 is 14.3 Å². The van der Waals surface area contributed by atoms with E-state index in [1.54, 1.807) is 24.3 Å². The molecule has 82 valence electrons. The average molecular weight is 229 g/mol. The van der Waals surface area contributed by atoms with Gasteiger partial charge in [0.25, 0.3) is 0 Å². The Morgan fingerprint density at radius 2 is 2.13 bits per heavy atom. The first-order valence-electron chi connectivity index (χ1n) is 4.83. The zero-order valence-electron chi connectivity index (χ0n) is 8.53. The normalized spacial score (nSPS) is 9.73. The van der Waals surface area contributed by atoms with E-state index in [2.05, 4.69) is 0 Å². The number of carbonyl (C=O) groups excluding carboxylic acids is 1. The number of para-hydroxylation sites is 1. The maximum absolute atomic E-state index is 11.1. The number of halogens is 1. The van der Waals surface area contributed by atoms with Crippen LogP contribution in [0.2, 0.25) is 5.02 Å². The van der Waals surface area contributed by atoms with Gasteiger partial charge in [0.2, 0.25) is 0 Å². The molecule has 15 heavy (non-hydrogen) atoms. The van der Waals surface area contributed by atoms with E-state index in [0.29, 0.717) is 17.4 Å². The Balaban J connectivity index is 2.41. The lowest BCUT2D eigenvalue weighted by molar-refractivity contribution is 0.0978. The van der Waals surface area contributed by atoms with Crippen molar-refractivity contribution in [1.82, 2.24) is 0 Å². The number of ether oxygens (including phenoxy) is 2. The van der Waals surface area contributed by atoms with Crippen LogP contribution < -0.4 is 4.74 Å². The number of unbranched alkanes of at least 4 members (excludes halogenated alkanes) is 1. The fourth-order valence-electron chi connectivity index (χ4n) is 0.947. The SMILES string of the molecule is CCCCOC(=O)Oc1ccccc1Cl. The third kappa shape index (κ3) is 4.21. The second kappa shape index (κ2) is 6.30. The Morgan fingerprint density at radius 1 is 1.40 bits per heavy atom. The van der Waals surface area contributed by atoms with Crippen LogP contribution in [-0.4, -0.2) is 12.8 Å². The number of hydrogen-bond donors (Lipinski definition) is 0. The minimum absolute atomic E-state index is 0.320. The molecular weight excluding hydrogens is 216 g/mol. The molecule has 0 fully saturated rings. The van der Waals surface area contributed by atoms with Gasteiger partial charge in [0.15, 0.2) is 5.75 Å². The Kier molecular flexibility index (Phi) is 4.98.